The molecule has 2 aromatic rings. The van der Waals surface area contributed by atoms with E-state index < -0.39 is 0 Å². The van der Waals surface area contributed by atoms with Crippen LogP contribution in [0.25, 0.3) is 0 Å². The number of para-hydroxylation sites is 1. The molecule has 2 atom stereocenters. The van der Waals surface area contributed by atoms with Gasteiger partial charge in [-0.05, 0) is 31.4 Å². The molecule has 3 aliphatic rings. The number of amides is 3. The second-order valence-corrected chi connectivity index (χ2v) is 10.4. The molecule has 9 heteroatoms. The monoisotopic (exact) mass is 467 g/mol. The number of likely N-dealkylation sites (tertiary alicyclic amines) is 1. The van der Waals surface area contributed by atoms with Crippen molar-refractivity contribution in [1.29, 1.82) is 0 Å². The highest BCUT2D eigenvalue weighted by atomic mass is 32.1. The van der Waals surface area contributed by atoms with Crippen LogP contribution in [0.3, 0.4) is 0 Å². The van der Waals surface area contributed by atoms with Crippen LogP contribution in [0.4, 0.5) is 10.8 Å². The number of hydrogen-bond donors (Lipinski definition) is 1. The van der Waals surface area contributed by atoms with Gasteiger partial charge >= 0.3 is 0 Å². The van der Waals surface area contributed by atoms with Crippen molar-refractivity contribution < 1.29 is 14.4 Å². The predicted molar refractivity (Wildman–Crippen MR) is 126 cm³/mol. The lowest BCUT2D eigenvalue weighted by Crippen LogP contribution is -2.38. The van der Waals surface area contributed by atoms with Crippen LogP contribution in [-0.4, -0.2) is 52.0 Å². The molecule has 1 aromatic carbocycles. The minimum absolute atomic E-state index is 0.0462. The highest BCUT2D eigenvalue weighted by molar-refractivity contribution is 7.15. The third kappa shape index (κ3) is 4.51. The van der Waals surface area contributed by atoms with Gasteiger partial charge in [-0.25, -0.2) is 0 Å². The molecule has 174 valence electrons. The van der Waals surface area contributed by atoms with Crippen LogP contribution in [0.2, 0.25) is 0 Å². The van der Waals surface area contributed by atoms with E-state index in [1.165, 1.54) is 17.8 Å². The zero-order valence-corrected chi connectivity index (χ0v) is 19.6. The van der Waals surface area contributed by atoms with E-state index in [0.29, 0.717) is 24.6 Å². The molecule has 3 heterocycles. The molecule has 5 rings (SSSR count). The van der Waals surface area contributed by atoms with Crippen molar-refractivity contribution in [2.45, 2.75) is 63.8 Å². The van der Waals surface area contributed by atoms with Crippen LogP contribution in [-0.2, 0) is 14.4 Å². The molecule has 8 nitrogen and oxygen atoms in total. The Morgan fingerprint density at radius 1 is 1.03 bits per heavy atom. The molecule has 3 fully saturated rings. The van der Waals surface area contributed by atoms with Gasteiger partial charge in [0.05, 0.1) is 5.92 Å². The Hall–Kier alpha value is -2.81. The largest absolute Gasteiger partial charge is 0.339 e. The fourth-order valence-electron chi connectivity index (χ4n) is 5.28. The molecule has 2 saturated heterocycles. The lowest BCUT2D eigenvalue weighted by atomic mass is 9.94. The SMILES string of the molecule is Cc1ccccc1N1CC(c2nnc(NC(=O)C3CC(=O)N(C4CCCCC4)C3)s2)CC1=O. The number of rotatable bonds is 5. The van der Waals surface area contributed by atoms with Crippen molar-refractivity contribution in [3.05, 3.63) is 34.8 Å². The molecule has 0 bridgehead atoms. The summed E-state index contributed by atoms with van der Waals surface area (Å²) in [7, 11) is 0. The van der Waals surface area contributed by atoms with Gasteiger partial charge in [0.2, 0.25) is 22.9 Å². The Morgan fingerprint density at radius 3 is 2.61 bits per heavy atom. The van der Waals surface area contributed by atoms with E-state index in [1.54, 1.807) is 0 Å². The van der Waals surface area contributed by atoms with E-state index >= 15 is 0 Å². The van der Waals surface area contributed by atoms with Gasteiger partial charge < -0.3 is 15.1 Å². The van der Waals surface area contributed by atoms with Crippen molar-refractivity contribution in [2.75, 3.05) is 23.3 Å². The van der Waals surface area contributed by atoms with Gasteiger partial charge in [-0.1, -0.05) is 48.8 Å². The Bertz CT molecular complexity index is 1060. The lowest BCUT2D eigenvalue weighted by molar-refractivity contribution is -0.130. The predicted octanol–water partition coefficient (Wildman–Crippen LogP) is 3.49. The van der Waals surface area contributed by atoms with Gasteiger partial charge in [0.15, 0.2) is 0 Å². The summed E-state index contributed by atoms with van der Waals surface area (Å²) >= 11 is 1.32. The quantitative estimate of drug-likeness (QED) is 0.726. The van der Waals surface area contributed by atoms with Gasteiger partial charge in [-0.2, -0.15) is 0 Å². The zero-order chi connectivity index (χ0) is 22.9. The minimum atomic E-state index is -0.351. The van der Waals surface area contributed by atoms with Crippen LogP contribution in [0.5, 0.6) is 0 Å². The summed E-state index contributed by atoms with van der Waals surface area (Å²) in [4.78, 5) is 41.7. The van der Waals surface area contributed by atoms with Crippen molar-refractivity contribution >= 4 is 39.9 Å². The Labute approximate surface area is 197 Å². The third-order valence-corrected chi connectivity index (χ3v) is 8.10. The van der Waals surface area contributed by atoms with Gasteiger partial charge in [0.1, 0.15) is 5.01 Å². The highest BCUT2D eigenvalue weighted by Crippen LogP contribution is 2.36. The fraction of sp³-hybridized carbons (Fsp3) is 0.542. The molecule has 2 unspecified atom stereocenters. The summed E-state index contributed by atoms with van der Waals surface area (Å²) in [5.74, 6) is -0.414. The second-order valence-electron chi connectivity index (χ2n) is 9.37. The van der Waals surface area contributed by atoms with Crippen molar-refractivity contribution in [2.24, 2.45) is 5.92 Å². The Kier molecular flexibility index (Phi) is 6.14. The normalized spacial score (nSPS) is 24.0. The number of aromatic nitrogens is 2. The van der Waals surface area contributed by atoms with Crippen molar-refractivity contribution in [3.63, 3.8) is 0 Å². The van der Waals surface area contributed by atoms with E-state index in [0.717, 1.165) is 41.9 Å². The molecule has 33 heavy (non-hydrogen) atoms. The maximum absolute atomic E-state index is 12.8. The van der Waals surface area contributed by atoms with Crippen molar-refractivity contribution in [1.82, 2.24) is 15.1 Å². The summed E-state index contributed by atoms with van der Waals surface area (Å²) < 4.78 is 0. The number of nitrogens with zero attached hydrogens (tertiary/aromatic N) is 4. The minimum Gasteiger partial charge on any atom is -0.339 e. The van der Waals surface area contributed by atoms with Crippen LogP contribution < -0.4 is 10.2 Å². The molecule has 3 amide bonds. The van der Waals surface area contributed by atoms with Crippen LogP contribution in [0.1, 0.15) is 61.4 Å². The maximum Gasteiger partial charge on any atom is 0.231 e. The zero-order valence-electron chi connectivity index (χ0n) is 18.8. The number of aryl methyl sites for hydroxylation is 1. The highest BCUT2D eigenvalue weighted by Gasteiger charge is 2.39. The molecular formula is C24H29N5O3S. The number of carbonyl (C=O) groups is 3. The molecule has 1 saturated carbocycles. The number of carbonyl (C=O) groups excluding carboxylic acids is 3. The first-order chi connectivity index (χ1) is 16.0. The molecule has 0 spiro atoms. The van der Waals surface area contributed by atoms with E-state index in [-0.39, 0.29) is 42.0 Å². The summed E-state index contributed by atoms with van der Waals surface area (Å²) in [6, 6.07) is 8.14. The number of anilines is 2. The molecule has 2 aliphatic heterocycles. The van der Waals surface area contributed by atoms with Gasteiger partial charge in [-0.3, -0.25) is 14.4 Å². The van der Waals surface area contributed by atoms with Gasteiger partial charge in [0, 0.05) is 43.6 Å². The van der Waals surface area contributed by atoms with E-state index in [2.05, 4.69) is 15.5 Å². The van der Waals surface area contributed by atoms with Crippen molar-refractivity contribution in [3.8, 4) is 0 Å². The summed E-state index contributed by atoms with van der Waals surface area (Å²) in [6.07, 6.45) is 6.27. The van der Waals surface area contributed by atoms with Gasteiger partial charge in [-0.15, -0.1) is 10.2 Å². The first kappa shape index (κ1) is 22.0. The fourth-order valence-corrected chi connectivity index (χ4v) is 6.12. The van der Waals surface area contributed by atoms with Gasteiger partial charge in [0.25, 0.3) is 0 Å². The molecular weight excluding hydrogens is 438 g/mol. The molecule has 0 radical (unpaired) electrons. The summed E-state index contributed by atoms with van der Waals surface area (Å²) in [5, 5.41) is 12.5. The molecule has 1 N–H and O–H groups in total. The van der Waals surface area contributed by atoms with E-state index in [4.69, 9.17) is 0 Å². The van der Waals surface area contributed by atoms with E-state index in [9.17, 15) is 14.4 Å². The second kappa shape index (κ2) is 9.21. The lowest BCUT2D eigenvalue weighted by Gasteiger charge is -2.31. The first-order valence-corrected chi connectivity index (χ1v) is 12.6. The number of hydrogen-bond acceptors (Lipinski definition) is 6. The van der Waals surface area contributed by atoms with Crippen LogP contribution in [0.15, 0.2) is 24.3 Å². The smallest absolute Gasteiger partial charge is 0.231 e. The summed E-state index contributed by atoms with van der Waals surface area (Å²) in [5.41, 5.74) is 1.99. The maximum atomic E-state index is 12.8. The van der Waals surface area contributed by atoms with Crippen LogP contribution in [0, 0.1) is 12.8 Å². The summed E-state index contributed by atoms with van der Waals surface area (Å²) in [6.45, 7) is 3.04. The third-order valence-electron chi connectivity index (χ3n) is 7.10. The number of nitrogens with one attached hydrogen (secondary N) is 1. The first-order valence-electron chi connectivity index (χ1n) is 11.8. The topological polar surface area (TPSA) is 95.5 Å². The Morgan fingerprint density at radius 2 is 1.82 bits per heavy atom. The van der Waals surface area contributed by atoms with E-state index in [1.807, 2.05) is 41.0 Å². The Balaban J connectivity index is 1.20. The average Bonchev–Trinajstić information content (AvgIpc) is 3.53. The molecule has 1 aromatic heterocycles. The van der Waals surface area contributed by atoms with Crippen LogP contribution >= 0.6 is 11.3 Å². The molecule has 1 aliphatic carbocycles. The average molecular weight is 468 g/mol. The number of benzene rings is 1. The standard InChI is InChI=1S/C24H29N5O3S/c1-15-7-5-6-10-19(15)29-14-17(12-21(29)31)23-26-27-24(33-23)25-22(32)16-11-20(30)28(13-16)18-8-3-2-4-9-18/h5-7,10,16-18H,2-4,8-9,11-14H2,1H3,(H,25,27,32).